The zero-order valence-electron chi connectivity index (χ0n) is 19.4. The molecule has 1 aromatic carbocycles. The fraction of sp³-hybridized carbons (Fsp3) is 0.478. The fourth-order valence-corrected chi connectivity index (χ4v) is 4.33. The molecule has 1 fully saturated rings. The van der Waals surface area contributed by atoms with Crippen molar-refractivity contribution in [2.75, 3.05) is 19.0 Å². The Bertz CT molecular complexity index is 1050. The zero-order valence-corrected chi connectivity index (χ0v) is 20.1. The van der Waals surface area contributed by atoms with E-state index < -0.39 is 30.3 Å². The SMILES string of the molecule is CCc1nc(-c2ccc(OC)cc2Cl)c(CC)nc1N[C@@H]1CN(C(=O)O)C(C)[C@H]1OC(C)=O. The third-order valence-electron chi connectivity index (χ3n) is 5.77. The van der Waals surface area contributed by atoms with Gasteiger partial charge in [0.1, 0.15) is 17.7 Å². The molecule has 9 nitrogen and oxygen atoms in total. The van der Waals surface area contributed by atoms with Crippen LogP contribution >= 0.6 is 11.6 Å². The molecule has 1 amide bonds. The van der Waals surface area contributed by atoms with Crippen molar-refractivity contribution in [3.05, 3.63) is 34.6 Å². The molecule has 3 atom stereocenters. The number of carbonyl (C=O) groups excluding carboxylic acids is 1. The van der Waals surface area contributed by atoms with Gasteiger partial charge in [0.15, 0.2) is 0 Å². The molecule has 3 rings (SSSR count). The summed E-state index contributed by atoms with van der Waals surface area (Å²) in [6.45, 7) is 7.14. The highest BCUT2D eigenvalue weighted by Crippen LogP contribution is 2.34. The van der Waals surface area contributed by atoms with Gasteiger partial charge in [-0.15, -0.1) is 0 Å². The maximum Gasteiger partial charge on any atom is 0.407 e. The summed E-state index contributed by atoms with van der Waals surface area (Å²) < 4.78 is 10.7. The molecular formula is C23H29ClN4O5. The number of benzene rings is 1. The Morgan fingerprint density at radius 3 is 2.48 bits per heavy atom. The number of esters is 1. The van der Waals surface area contributed by atoms with Crippen LogP contribution in [0.2, 0.25) is 5.02 Å². The molecule has 33 heavy (non-hydrogen) atoms. The smallest absolute Gasteiger partial charge is 0.407 e. The van der Waals surface area contributed by atoms with Crippen molar-refractivity contribution < 1.29 is 24.2 Å². The lowest BCUT2D eigenvalue weighted by Gasteiger charge is -2.24. The normalized spacial score (nSPS) is 19.9. The van der Waals surface area contributed by atoms with E-state index >= 15 is 0 Å². The number of nitrogens with zero attached hydrogens (tertiary/aromatic N) is 3. The third-order valence-corrected chi connectivity index (χ3v) is 6.08. The van der Waals surface area contributed by atoms with Gasteiger partial charge in [0.2, 0.25) is 0 Å². The molecule has 0 bridgehead atoms. The summed E-state index contributed by atoms with van der Waals surface area (Å²) in [4.78, 5) is 34.3. The number of carbonyl (C=O) groups is 2. The van der Waals surface area contributed by atoms with E-state index in [1.54, 1.807) is 20.1 Å². The molecule has 10 heteroatoms. The van der Waals surface area contributed by atoms with E-state index in [2.05, 4.69) is 5.32 Å². The highest BCUT2D eigenvalue weighted by Gasteiger charge is 2.44. The molecule has 2 aromatic rings. The topological polar surface area (TPSA) is 114 Å². The lowest BCUT2D eigenvalue weighted by molar-refractivity contribution is -0.147. The van der Waals surface area contributed by atoms with Crippen LogP contribution in [0.1, 0.15) is 39.1 Å². The number of rotatable bonds is 7. The van der Waals surface area contributed by atoms with Crippen LogP contribution in [-0.4, -0.2) is 63.9 Å². The van der Waals surface area contributed by atoms with Gasteiger partial charge < -0.3 is 19.9 Å². The molecule has 1 aromatic heterocycles. The number of carboxylic acid groups (broad SMARTS) is 1. The number of methoxy groups -OCH3 is 1. The van der Waals surface area contributed by atoms with E-state index in [-0.39, 0.29) is 6.54 Å². The number of halogens is 1. The lowest BCUT2D eigenvalue weighted by Crippen LogP contribution is -2.40. The van der Waals surface area contributed by atoms with Gasteiger partial charge in [-0.1, -0.05) is 25.4 Å². The van der Waals surface area contributed by atoms with Crippen LogP contribution < -0.4 is 10.1 Å². The molecule has 178 valence electrons. The lowest BCUT2D eigenvalue weighted by atomic mass is 10.1. The van der Waals surface area contributed by atoms with Crippen molar-refractivity contribution in [3.63, 3.8) is 0 Å². The largest absolute Gasteiger partial charge is 0.497 e. The van der Waals surface area contributed by atoms with E-state index in [1.165, 1.54) is 11.8 Å². The Morgan fingerprint density at radius 1 is 1.24 bits per heavy atom. The van der Waals surface area contributed by atoms with Crippen molar-refractivity contribution in [2.24, 2.45) is 0 Å². The van der Waals surface area contributed by atoms with Gasteiger partial charge in [0.25, 0.3) is 0 Å². The Morgan fingerprint density at radius 2 is 1.94 bits per heavy atom. The van der Waals surface area contributed by atoms with E-state index in [4.69, 9.17) is 31.0 Å². The maximum atomic E-state index is 11.7. The minimum atomic E-state index is -1.07. The van der Waals surface area contributed by atoms with Gasteiger partial charge in [-0.2, -0.15) is 0 Å². The van der Waals surface area contributed by atoms with Crippen LogP contribution in [0.5, 0.6) is 5.75 Å². The number of anilines is 1. The molecule has 0 radical (unpaired) electrons. The van der Waals surface area contributed by atoms with Gasteiger partial charge in [-0.25, -0.2) is 14.8 Å². The summed E-state index contributed by atoms with van der Waals surface area (Å²) >= 11 is 6.50. The Labute approximate surface area is 198 Å². The first-order valence-corrected chi connectivity index (χ1v) is 11.2. The van der Waals surface area contributed by atoms with Gasteiger partial charge >= 0.3 is 12.1 Å². The van der Waals surface area contributed by atoms with Crippen molar-refractivity contribution in [1.29, 1.82) is 0 Å². The highest BCUT2D eigenvalue weighted by molar-refractivity contribution is 6.33. The van der Waals surface area contributed by atoms with Crippen LogP contribution in [-0.2, 0) is 22.4 Å². The average Bonchev–Trinajstić information content (AvgIpc) is 3.08. The number of amides is 1. The molecule has 1 unspecified atom stereocenters. The third kappa shape index (κ3) is 5.13. The average molecular weight is 477 g/mol. The minimum absolute atomic E-state index is 0.160. The second kappa shape index (κ2) is 10.2. The predicted octanol–water partition coefficient (Wildman–Crippen LogP) is 4.02. The molecule has 1 saturated heterocycles. The second-order valence-corrected chi connectivity index (χ2v) is 8.27. The highest BCUT2D eigenvalue weighted by atomic mass is 35.5. The van der Waals surface area contributed by atoms with Crippen LogP contribution in [0.3, 0.4) is 0 Å². The minimum Gasteiger partial charge on any atom is -0.497 e. The summed E-state index contributed by atoms with van der Waals surface area (Å²) in [7, 11) is 1.58. The Hall–Kier alpha value is -3.07. The zero-order chi connectivity index (χ0) is 24.3. The standard InChI is InChI=1S/C23H29ClN4O5/c1-6-17-20(15-9-8-14(32-5)10-16(15)24)25-18(7-2)22(26-17)27-19-11-28(23(30)31)12(3)21(19)33-13(4)29/h8-10,12,19,21H,6-7,11H2,1-5H3,(H,26,27)(H,30,31)/t12?,19-,21-/m1/s1. The predicted molar refractivity (Wildman–Crippen MR) is 125 cm³/mol. The second-order valence-electron chi connectivity index (χ2n) is 7.87. The Kier molecular flexibility index (Phi) is 7.63. The number of aromatic nitrogens is 2. The van der Waals surface area contributed by atoms with Crippen LogP contribution in [0.15, 0.2) is 18.2 Å². The number of hydrogen-bond donors (Lipinski definition) is 2. The van der Waals surface area contributed by atoms with Gasteiger partial charge in [-0.3, -0.25) is 9.69 Å². The van der Waals surface area contributed by atoms with Crippen LogP contribution in [0.4, 0.5) is 10.6 Å². The summed E-state index contributed by atoms with van der Waals surface area (Å²) in [5.41, 5.74) is 2.90. The van der Waals surface area contributed by atoms with E-state index in [1.807, 2.05) is 26.0 Å². The molecular weight excluding hydrogens is 448 g/mol. The first-order valence-electron chi connectivity index (χ1n) is 10.9. The number of likely N-dealkylation sites (tertiary alicyclic amines) is 1. The van der Waals surface area contributed by atoms with Crippen LogP contribution in [0, 0.1) is 0 Å². The maximum absolute atomic E-state index is 11.7. The van der Waals surface area contributed by atoms with E-state index in [9.17, 15) is 14.7 Å². The molecule has 0 saturated carbocycles. The van der Waals surface area contributed by atoms with E-state index in [0.717, 1.165) is 11.3 Å². The number of nitrogens with one attached hydrogen (secondary N) is 1. The fourth-order valence-electron chi connectivity index (χ4n) is 4.07. The van der Waals surface area contributed by atoms with Gasteiger partial charge in [0.05, 0.1) is 41.3 Å². The molecule has 0 aliphatic carbocycles. The van der Waals surface area contributed by atoms with Crippen molar-refractivity contribution in [1.82, 2.24) is 14.9 Å². The quantitative estimate of drug-likeness (QED) is 0.576. The van der Waals surface area contributed by atoms with E-state index in [0.29, 0.717) is 40.8 Å². The summed E-state index contributed by atoms with van der Waals surface area (Å²) in [6.07, 6.45) is -0.516. The Balaban J connectivity index is 2.00. The number of hydrogen-bond acceptors (Lipinski definition) is 7. The summed E-state index contributed by atoms with van der Waals surface area (Å²) in [6, 6.07) is 4.46. The molecule has 1 aliphatic heterocycles. The van der Waals surface area contributed by atoms with Crippen LogP contribution in [0.25, 0.3) is 11.3 Å². The van der Waals surface area contributed by atoms with Crippen molar-refractivity contribution in [3.8, 4) is 17.0 Å². The molecule has 0 spiro atoms. The molecule has 2 heterocycles. The molecule has 1 aliphatic rings. The first-order chi connectivity index (χ1) is 15.7. The first kappa shape index (κ1) is 24.6. The number of aryl methyl sites for hydroxylation is 2. The molecule has 2 N–H and O–H groups in total. The summed E-state index contributed by atoms with van der Waals surface area (Å²) in [5, 5.41) is 13.4. The monoisotopic (exact) mass is 476 g/mol. The van der Waals surface area contributed by atoms with Crippen molar-refractivity contribution >= 4 is 29.5 Å². The van der Waals surface area contributed by atoms with Crippen molar-refractivity contribution in [2.45, 2.75) is 58.7 Å². The van der Waals surface area contributed by atoms with Gasteiger partial charge in [-0.05, 0) is 38.0 Å². The van der Waals surface area contributed by atoms with Gasteiger partial charge in [0, 0.05) is 19.0 Å². The summed E-state index contributed by atoms with van der Waals surface area (Å²) in [5.74, 6) is 0.731. The number of ether oxygens (including phenoxy) is 2.